The van der Waals surface area contributed by atoms with Gasteiger partial charge < -0.3 is 15.7 Å². The minimum atomic E-state index is -1.00. The van der Waals surface area contributed by atoms with Crippen molar-refractivity contribution in [1.29, 1.82) is 0 Å². The van der Waals surface area contributed by atoms with Gasteiger partial charge in [-0.2, -0.15) is 0 Å². The van der Waals surface area contributed by atoms with E-state index >= 15 is 0 Å². The Hall–Kier alpha value is -2.04. The molecule has 0 unspecified atom stereocenters. The largest absolute Gasteiger partial charge is 0.478 e. The Morgan fingerprint density at radius 3 is 2.60 bits per heavy atom. The molecule has 1 aliphatic carbocycles. The topological polar surface area (TPSA) is 78.4 Å². The summed E-state index contributed by atoms with van der Waals surface area (Å²) in [5, 5.41) is 14.5. The van der Waals surface area contributed by atoms with Crippen molar-refractivity contribution in [2.75, 3.05) is 11.9 Å². The van der Waals surface area contributed by atoms with Gasteiger partial charge in [-0.25, -0.2) is 9.59 Å². The van der Waals surface area contributed by atoms with Gasteiger partial charge in [-0.15, -0.1) is 0 Å². The predicted molar refractivity (Wildman–Crippen MR) is 77.1 cm³/mol. The monoisotopic (exact) mass is 276 g/mol. The molecule has 0 spiro atoms. The van der Waals surface area contributed by atoms with E-state index in [2.05, 4.69) is 17.6 Å². The number of anilines is 1. The van der Waals surface area contributed by atoms with Crippen molar-refractivity contribution in [3.8, 4) is 0 Å². The zero-order valence-electron chi connectivity index (χ0n) is 11.8. The number of nitrogens with one attached hydrogen (secondary N) is 2. The summed E-state index contributed by atoms with van der Waals surface area (Å²) in [5.41, 5.74) is 1.82. The lowest BCUT2D eigenvalue weighted by molar-refractivity contribution is 0.0697. The molecule has 2 rings (SSSR count). The van der Waals surface area contributed by atoms with E-state index in [1.165, 1.54) is 12.1 Å². The number of hydrogen-bond donors (Lipinski definition) is 3. The first kappa shape index (κ1) is 14.4. The van der Waals surface area contributed by atoms with E-state index in [0.29, 0.717) is 12.2 Å². The van der Waals surface area contributed by atoms with Crippen LogP contribution in [0.25, 0.3) is 0 Å². The molecule has 0 saturated heterocycles. The van der Waals surface area contributed by atoms with Crippen molar-refractivity contribution in [2.24, 2.45) is 5.41 Å². The minimum Gasteiger partial charge on any atom is -0.478 e. The SMILES string of the molecule is CCC1(CNC(=O)Nc2cc(C(=O)O)ccc2C)CC1. The highest BCUT2D eigenvalue weighted by Crippen LogP contribution is 2.47. The average Bonchev–Trinajstić information content (AvgIpc) is 3.19. The van der Waals surface area contributed by atoms with Gasteiger partial charge in [0.05, 0.1) is 5.56 Å². The Bertz CT molecular complexity index is 536. The second-order valence-electron chi connectivity index (χ2n) is 5.50. The maximum atomic E-state index is 11.9. The fourth-order valence-electron chi connectivity index (χ4n) is 2.16. The third-order valence-corrected chi connectivity index (χ3v) is 4.06. The maximum Gasteiger partial charge on any atom is 0.335 e. The van der Waals surface area contributed by atoms with E-state index in [1.807, 2.05) is 6.92 Å². The van der Waals surface area contributed by atoms with Crippen LogP contribution in [-0.4, -0.2) is 23.7 Å². The molecule has 0 heterocycles. The fraction of sp³-hybridized carbons (Fsp3) is 0.467. The summed E-state index contributed by atoms with van der Waals surface area (Å²) < 4.78 is 0. The molecule has 2 amide bonds. The normalized spacial score (nSPS) is 15.5. The summed E-state index contributed by atoms with van der Waals surface area (Å²) in [7, 11) is 0. The highest BCUT2D eigenvalue weighted by atomic mass is 16.4. The average molecular weight is 276 g/mol. The van der Waals surface area contributed by atoms with Gasteiger partial charge in [0, 0.05) is 12.2 Å². The Kier molecular flexibility index (Phi) is 3.97. The molecule has 5 heteroatoms. The first-order chi connectivity index (χ1) is 9.46. The van der Waals surface area contributed by atoms with Crippen molar-refractivity contribution in [3.63, 3.8) is 0 Å². The molecule has 1 fully saturated rings. The standard InChI is InChI=1S/C15H20N2O3/c1-3-15(6-7-15)9-16-14(20)17-12-8-11(13(18)19)5-4-10(12)2/h4-5,8H,3,6-7,9H2,1-2H3,(H,18,19)(H2,16,17,20). The van der Waals surface area contributed by atoms with E-state index in [9.17, 15) is 9.59 Å². The van der Waals surface area contributed by atoms with Gasteiger partial charge in [-0.05, 0) is 49.3 Å². The Morgan fingerprint density at radius 2 is 2.05 bits per heavy atom. The van der Waals surface area contributed by atoms with Gasteiger partial charge in [0.25, 0.3) is 0 Å². The fourth-order valence-corrected chi connectivity index (χ4v) is 2.16. The lowest BCUT2D eigenvalue weighted by Crippen LogP contribution is -2.33. The molecule has 20 heavy (non-hydrogen) atoms. The molecule has 0 radical (unpaired) electrons. The van der Waals surface area contributed by atoms with Crippen molar-refractivity contribution in [3.05, 3.63) is 29.3 Å². The minimum absolute atomic E-state index is 0.165. The summed E-state index contributed by atoms with van der Waals surface area (Å²) >= 11 is 0. The number of carbonyl (C=O) groups excluding carboxylic acids is 1. The van der Waals surface area contributed by atoms with Crippen LogP contribution < -0.4 is 10.6 Å². The molecule has 5 nitrogen and oxygen atoms in total. The maximum absolute atomic E-state index is 11.9. The first-order valence-electron chi connectivity index (χ1n) is 6.84. The molecule has 3 N–H and O–H groups in total. The van der Waals surface area contributed by atoms with Gasteiger partial charge in [0.15, 0.2) is 0 Å². The van der Waals surface area contributed by atoms with Crippen LogP contribution in [0.2, 0.25) is 0 Å². The Labute approximate surface area is 118 Å². The van der Waals surface area contributed by atoms with Crippen LogP contribution in [0.1, 0.15) is 42.1 Å². The molecular weight excluding hydrogens is 256 g/mol. The van der Waals surface area contributed by atoms with E-state index in [-0.39, 0.29) is 17.0 Å². The van der Waals surface area contributed by atoms with Crippen LogP contribution in [0.4, 0.5) is 10.5 Å². The number of carbonyl (C=O) groups is 2. The third kappa shape index (κ3) is 3.29. The van der Waals surface area contributed by atoms with Crippen molar-refractivity contribution >= 4 is 17.7 Å². The Balaban J connectivity index is 1.96. The number of aryl methyl sites for hydroxylation is 1. The first-order valence-corrected chi connectivity index (χ1v) is 6.84. The van der Waals surface area contributed by atoms with Crippen LogP contribution in [-0.2, 0) is 0 Å². The lowest BCUT2D eigenvalue weighted by Gasteiger charge is -2.15. The number of rotatable bonds is 5. The van der Waals surface area contributed by atoms with E-state index in [4.69, 9.17) is 5.11 Å². The van der Waals surface area contributed by atoms with Gasteiger partial charge in [-0.3, -0.25) is 0 Å². The molecule has 0 atom stereocenters. The second-order valence-corrected chi connectivity index (χ2v) is 5.50. The number of amides is 2. The van der Waals surface area contributed by atoms with Crippen LogP contribution in [0.3, 0.4) is 0 Å². The van der Waals surface area contributed by atoms with Gasteiger partial charge in [0.2, 0.25) is 0 Å². The third-order valence-electron chi connectivity index (χ3n) is 4.06. The lowest BCUT2D eigenvalue weighted by atomic mass is 10.0. The summed E-state index contributed by atoms with van der Waals surface area (Å²) in [6, 6.07) is 4.41. The van der Waals surface area contributed by atoms with Crippen molar-refractivity contribution in [1.82, 2.24) is 5.32 Å². The molecule has 1 aliphatic rings. The van der Waals surface area contributed by atoms with Crippen molar-refractivity contribution < 1.29 is 14.7 Å². The van der Waals surface area contributed by atoms with Gasteiger partial charge in [0.1, 0.15) is 0 Å². The zero-order valence-corrected chi connectivity index (χ0v) is 11.8. The number of carboxylic acids is 1. The zero-order chi connectivity index (χ0) is 14.8. The van der Waals surface area contributed by atoms with E-state index in [1.54, 1.807) is 6.07 Å². The quantitative estimate of drug-likeness (QED) is 0.773. The Morgan fingerprint density at radius 1 is 1.35 bits per heavy atom. The highest BCUT2D eigenvalue weighted by molar-refractivity contribution is 5.94. The number of hydrogen-bond acceptors (Lipinski definition) is 2. The number of aromatic carboxylic acids is 1. The molecule has 1 aromatic rings. The van der Waals surface area contributed by atoms with Crippen LogP contribution in [0.5, 0.6) is 0 Å². The van der Waals surface area contributed by atoms with E-state index < -0.39 is 5.97 Å². The number of carboxylic acid groups (broad SMARTS) is 1. The molecular formula is C15H20N2O3. The molecule has 1 saturated carbocycles. The molecule has 0 aliphatic heterocycles. The van der Waals surface area contributed by atoms with Crippen LogP contribution >= 0.6 is 0 Å². The molecule has 1 aromatic carbocycles. The van der Waals surface area contributed by atoms with Crippen LogP contribution in [0, 0.1) is 12.3 Å². The summed E-state index contributed by atoms with van der Waals surface area (Å²) in [6.07, 6.45) is 3.40. The summed E-state index contributed by atoms with van der Waals surface area (Å²) in [4.78, 5) is 22.8. The molecule has 0 bridgehead atoms. The summed E-state index contributed by atoms with van der Waals surface area (Å²) in [6.45, 7) is 4.63. The van der Waals surface area contributed by atoms with Gasteiger partial charge >= 0.3 is 12.0 Å². The van der Waals surface area contributed by atoms with E-state index in [0.717, 1.165) is 24.8 Å². The van der Waals surface area contributed by atoms with Crippen molar-refractivity contribution in [2.45, 2.75) is 33.1 Å². The van der Waals surface area contributed by atoms with Gasteiger partial charge in [-0.1, -0.05) is 13.0 Å². The molecule has 0 aromatic heterocycles. The number of benzene rings is 1. The smallest absolute Gasteiger partial charge is 0.335 e. The molecule has 108 valence electrons. The van der Waals surface area contributed by atoms with Crippen LogP contribution in [0.15, 0.2) is 18.2 Å². The summed E-state index contributed by atoms with van der Waals surface area (Å²) in [5.74, 6) is -1.00. The highest BCUT2D eigenvalue weighted by Gasteiger charge is 2.40. The second kappa shape index (κ2) is 5.53. The number of urea groups is 1. The predicted octanol–water partition coefficient (Wildman–Crippen LogP) is 3.00.